The molecule has 0 radical (unpaired) electrons. The van der Waals surface area contributed by atoms with Crippen molar-refractivity contribution >= 4 is 41.0 Å². The number of aromatic carboxylic acids is 1. The van der Waals surface area contributed by atoms with E-state index in [1.807, 2.05) is 0 Å². The summed E-state index contributed by atoms with van der Waals surface area (Å²) in [7, 11) is 1.52. The van der Waals surface area contributed by atoms with Crippen molar-refractivity contribution in [3.63, 3.8) is 0 Å². The van der Waals surface area contributed by atoms with Crippen molar-refractivity contribution in [2.45, 2.75) is 19.4 Å². The third kappa shape index (κ3) is 7.22. The number of ether oxygens (including phenoxy) is 1. The number of hydrogen-bond donors (Lipinski definition) is 4. The van der Waals surface area contributed by atoms with Gasteiger partial charge in [0, 0.05) is 29.5 Å². The topological polar surface area (TPSA) is 168 Å². The van der Waals surface area contributed by atoms with Crippen LogP contribution in [-0.2, 0) is 11.2 Å². The van der Waals surface area contributed by atoms with Crippen LogP contribution in [0.5, 0.6) is 11.6 Å². The van der Waals surface area contributed by atoms with Gasteiger partial charge in [0.2, 0.25) is 11.8 Å². The number of nitrogen functional groups attached to an aromatic ring is 1. The normalized spacial score (nSPS) is 16.9. The van der Waals surface area contributed by atoms with Crippen LogP contribution in [0, 0.1) is 5.92 Å². The second kappa shape index (κ2) is 13.0. The molecule has 0 aliphatic carbocycles. The van der Waals surface area contributed by atoms with Gasteiger partial charge in [-0.2, -0.15) is 0 Å². The first-order valence-electron chi connectivity index (χ1n) is 12.6. The van der Waals surface area contributed by atoms with Crippen LogP contribution in [-0.4, -0.2) is 58.9 Å². The predicted octanol–water partition coefficient (Wildman–Crippen LogP) is 3.48. The first kappa shape index (κ1) is 29.2. The van der Waals surface area contributed by atoms with Crippen molar-refractivity contribution in [1.29, 1.82) is 0 Å². The molecule has 1 fully saturated rings. The highest BCUT2D eigenvalue weighted by Gasteiger charge is 2.34. The number of oxime groups is 1. The standard InChI is InChI=1S/C28H29ClN6O6/c1-16(17-6-8-21(27(37)38)22(30)13-17)33-28(39)35-15-24(34-41-25-5-3-4-10-31-25)32-14-19(26(35)36)11-18-12-20(29)7-9-23(18)40-2/h3-10,12-13,16,19H,11,14-15,30H2,1-2H3,(H,32,34)(H,33,39)(H,37,38)/t16?,19-/m1/s1. The second-order valence-electron chi connectivity index (χ2n) is 9.28. The van der Waals surface area contributed by atoms with Gasteiger partial charge in [-0.05, 0) is 60.9 Å². The molecular formula is C28H29ClN6O6. The van der Waals surface area contributed by atoms with E-state index in [1.54, 1.807) is 55.6 Å². The smallest absolute Gasteiger partial charge is 0.337 e. The Morgan fingerprint density at radius 2 is 2.07 bits per heavy atom. The van der Waals surface area contributed by atoms with Crippen molar-refractivity contribution in [3.05, 3.63) is 82.5 Å². The molecule has 12 nitrogen and oxygen atoms in total. The van der Waals surface area contributed by atoms with Gasteiger partial charge in [-0.15, -0.1) is 0 Å². The highest BCUT2D eigenvalue weighted by molar-refractivity contribution is 6.30. The number of rotatable bonds is 8. The third-order valence-corrected chi connectivity index (χ3v) is 6.70. The largest absolute Gasteiger partial charge is 0.496 e. The zero-order valence-electron chi connectivity index (χ0n) is 22.3. The molecule has 0 bridgehead atoms. The molecular weight excluding hydrogens is 552 g/mol. The lowest BCUT2D eigenvalue weighted by atomic mass is 9.97. The number of urea groups is 1. The molecule has 0 spiro atoms. The maximum absolute atomic E-state index is 13.7. The average Bonchev–Trinajstić information content (AvgIpc) is 3.11. The van der Waals surface area contributed by atoms with Crippen molar-refractivity contribution < 1.29 is 29.1 Å². The molecule has 3 aromatic rings. The van der Waals surface area contributed by atoms with Crippen molar-refractivity contribution in [3.8, 4) is 11.6 Å². The Kier molecular flexibility index (Phi) is 9.25. The van der Waals surface area contributed by atoms with Gasteiger partial charge in [-0.25, -0.2) is 14.6 Å². The minimum atomic E-state index is -1.16. The number of nitrogens with one attached hydrogen (secondary N) is 2. The average molecular weight is 581 g/mol. The maximum Gasteiger partial charge on any atom is 0.337 e. The number of benzene rings is 2. The molecule has 1 aliphatic heterocycles. The molecule has 3 amide bonds. The number of imide groups is 1. The van der Waals surface area contributed by atoms with Crippen LogP contribution < -0.4 is 25.9 Å². The first-order valence-corrected chi connectivity index (χ1v) is 13.0. The lowest BCUT2D eigenvalue weighted by Gasteiger charge is -2.25. The predicted molar refractivity (Wildman–Crippen MR) is 152 cm³/mol. The number of nitrogens with zero attached hydrogens (tertiary/aromatic N) is 3. The molecule has 0 saturated carbocycles. The van der Waals surface area contributed by atoms with Crippen molar-refractivity contribution in [1.82, 2.24) is 20.5 Å². The lowest BCUT2D eigenvalue weighted by Crippen LogP contribution is -2.48. The number of amidine groups is 1. The zero-order chi connectivity index (χ0) is 29.5. The Balaban J connectivity index is 1.59. The molecule has 2 atom stereocenters. The van der Waals surface area contributed by atoms with E-state index in [9.17, 15) is 19.5 Å². The summed E-state index contributed by atoms with van der Waals surface area (Å²) in [4.78, 5) is 49.1. The molecule has 41 heavy (non-hydrogen) atoms. The molecule has 214 valence electrons. The van der Waals surface area contributed by atoms with Crippen LogP contribution in [0.25, 0.3) is 0 Å². The van der Waals surface area contributed by atoms with Crippen molar-refractivity contribution in [2.24, 2.45) is 11.1 Å². The number of pyridine rings is 1. The molecule has 1 unspecified atom stereocenters. The fourth-order valence-corrected chi connectivity index (χ4v) is 4.49. The number of carbonyl (C=O) groups excluding carboxylic acids is 2. The molecule has 4 rings (SSSR count). The number of methoxy groups -OCH3 is 1. The van der Waals surface area contributed by atoms with Crippen LogP contribution in [0.4, 0.5) is 10.5 Å². The summed E-state index contributed by atoms with van der Waals surface area (Å²) in [5.74, 6) is -1.25. The SMILES string of the molecule is COc1ccc(Cl)cc1C[C@@H]1CN/C(=N\Oc2ccccn2)CN(C(=O)NC(C)c2ccc(C(=O)O)c(N)c2)C1=O. The third-order valence-electron chi connectivity index (χ3n) is 6.46. The Morgan fingerprint density at radius 1 is 1.27 bits per heavy atom. The quantitative estimate of drug-likeness (QED) is 0.230. The van der Waals surface area contributed by atoms with E-state index in [0.717, 1.165) is 4.90 Å². The number of halogens is 1. The summed E-state index contributed by atoms with van der Waals surface area (Å²) in [6.07, 6.45) is 1.78. The molecule has 2 heterocycles. The molecule has 2 aromatic carbocycles. The minimum Gasteiger partial charge on any atom is -0.496 e. The number of aromatic nitrogens is 1. The first-order chi connectivity index (χ1) is 19.7. The van der Waals surface area contributed by atoms with Gasteiger partial charge in [0.05, 0.1) is 31.2 Å². The highest BCUT2D eigenvalue weighted by atomic mass is 35.5. The van der Waals surface area contributed by atoms with Gasteiger partial charge in [-0.1, -0.05) is 28.9 Å². The number of amides is 3. The van der Waals surface area contributed by atoms with Gasteiger partial charge < -0.3 is 31.0 Å². The van der Waals surface area contributed by atoms with Gasteiger partial charge in [0.25, 0.3) is 0 Å². The highest BCUT2D eigenvalue weighted by Crippen LogP contribution is 2.27. The van der Waals surface area contributed by atoms with Crippen LogP contribution in [0.3, 0.4) is 0 Å². The Morgan fingerprint density at radius 3 is 2.76 bits per heavy atom. The molecule has 1 aromatic heterocycles. The van der Waals surface area contributed by atoms with Crippen LogP contribution in [0.2, 0.25) is 5.02 Å². The van der Waals surface area contributed by atoms with E-state index in [2.05, 4.69) is 20.8 Å². The van der Waals surface area contributed by atoms with E-state index in [4.69, 9.17) is 26.9 Å². The number of nitrogens with two attached hydrogens (primary N) is 1. The molecule has 1 saturated heterocycles. The number of carboxylic acids is 1. The van der Waals surface area contributed by atoms with E-state index in [0.29, 0.717) is 21.9 Å². The Bertz CT molecular complexity index is 1470. The fraction of sp³-hybridized carbons (Fsp3) is 0.250. The van der Waals surface area contributed by atoms with Gasteiger partial charge in [0.15, 0.2) is 5.84 Å². The summed E-state index contributed by atoms with van der Waals surface area (Å²) in [5, 5.41) is 19.7. The Labute approximate surface area is 241 Å². The van der Waals surface area contributed by atoms with Crippen molar-refractivity contribution in [2.75, 3.05) is 25.9 Å². The maximum atomic E-state index is 13.7. The molecule has 13 heteroatoms. The summed E-state index contributed by atoms with van der Waals surface area (Å²) in [6, 6.07) is 13.3. The van der Waals surface area contributed by atoms with Gasteiger partial charge in [-0.3, -0.25) is 9.69 Å². The number of hydrogen-bond acceptors (Lipinski definition) is 8. The van der Waals surface area contributed by atoms with Crippen LogP contribution >= 0.6 is 11.6 Å². The van der Waals surface area contributed by atoms with Crippen LogP contribution in [0.1, 0.15) is 34.5 Å². The van der Waals surface area contributed by atoms with E-state index in [1.165, 1.54) is 19.2 Å². The second-order valence-corrected chi connectivity index (χ2v) is 9.72. The summed E-state index contributed by atoms with van der Waals surface area (Å²) in [5.41, 5.74) is 7.16. The van der Waals surface area contributed by atoms with Gasteiger partial charge >= 0.3 is 12.0 Å². The number of carbonyl (C=O) groups is 3. The summed E-state index contributed by atoms with van der Waals surface area (Å²) >= 11 is 6.20. The lowest BCUT2D eigenvalue weighted by molar-refractivity contribution is -0.131. The molecule has 1 aliphatic rings. The van der Waals surface area contributed by atoms with E-state index >= 15 is 0 Å². The molecule has 5 N–H and O–H groups in total. The Hall–Kier alpha value is -4.84. The minimum absolute atomic E-state index is 0.0471. The van der Waals surface area contributed by atoms with Crippen LogP contribution in [0.15, 0.2) is 65.9 Å². The zero-order valence-corrected chi connectivity index (χ0v) is 23.1. The monoisotopic (exact) mass is 580 g/mol. The summed E-state index contributed by atoms with van der Waals surface area (Å²) < 4.78 is 5.44. The fourth-order valence-electron chi connectivity index (χ4n) is 4.29. The van der Waals surface area contributed by atoms with Gasteiger partial charge in [0.1, 0.15) is 5.75 Å². The summed E-state index contributed by atoms with van der Waals surface area (Å²) in [6.45, 7) is 1.65. The van der Waals surface area contributed by atoms with E-state index < -0.39 is 29.9 Å². The number of anilines is 1. The number of carboxylic acid groups (broad SMARTS) is 1. The van der Waals surface area contributed by atoms with E-state index in [-0.39, 0.29) is 42.5 Å².